The Balaban J connectivity index is 1.30. The molecule has 56 heavy (non-hydrogen) atoms. The van der Waals surface area contributed by atoms with E-state index in [9.17, 15) is 21.6 Å². The van der Waals surface area contributed by atoms with E-state index in [0.29, 0.717) is 62.7 Å². The van der Waals surface area contributed by atoms with Gasteiger partial charge < -0.3 is 19.3 Å². The van der Waals surface area contributed by atoms with Gasteiger partial charge in [0.1, 0.15) is 18.0 Å². The number of hydrogen-bond donors (Lipinski definition) is 0. The lowest BCUT2D eigenvalue weighted by Gasteiger charge is -2.34. The van der Waals surface area contributed by atoms with Gasteiger partial charge in [-0.2, -0.15) is 41.8 Å². The van der Waals surface area contributed by atoms with Crippen molar-refractivity contribution in [1.29, 1.82) is 0 Å². The maximum absolute atomic E-state index is 14.7. The van der Waals surface area contributed by atoms with E-state index in [1.807, 2.05) is 32.6 Å². The minimum atomic E-state index is -4.91. The molecule has 0 saturated carbocycles. The van der Waals surface area contributed by atoms with Crippen LogP contribution in [0.5, 0.6) is 0 Å². The van der Waals surface area contributed by atoms with Crippen LogP contribution in [0, 0.1) is 13.8 Å². The fourth-order valence-electron chi connectivity index (χ4n) is 6.62. The van der Waals surface area contributed by atoms with Crippen LogP contribution in [-0.2, 0) is 40.9 Å². The summed E-state index contributed by atoms with van der Waals surface area (Å²) in [5.41, 5.74) is 2.11. The highest BCUT2D eigenvalue weighted by Crippen LogP contribution is 2.35. The average Bonchev–Trinajstić information content (AvgIpc) is 3.66. The summed E-state index contributed by atoms with van der Waals surface area (Å²) in [6.07, 6.45) is 1.00. The summed E-state index contributed by atoms with van der Waals surface area (Å²) in [7, 11) is -5.81. The predicted molar refractivity (Wildman–Crippen MR) is 207 cm³/mol. The number of halogens is 3. The third kappa shape index (κ3) is 8.49. The molecular formula is C35H43F3N12O4S2. The van der Waals surface area contributed by atoms with Crippen molar-refractivity contribution in [1.82, 2.24) is 39.0 Å². The van der Waals surface area contributed by atoms with Crippen LogP contribution in [0.2, 0.25) is 0 Å². The number of fused-ring (bicyclic) bond motifs is 1. The molecule has 7 rings (SSSR count). The Labute approximate surface area is 322 Å². The molecule has 0 spiro atoms. The maximum atomic E-state index is 14.7. The van der Waals surface area contributed by atoms with Gasteiger partial charge in [0.15, 0.2) is 11.6 Å². The summed E-state index contributed by atoms with van der Waals surface area (Å²) in [5.74, 6) is -0.361. The van der Waals surface area contributed by atoms with Crippen LogP contribution in [0.15, 0.2) is 45.4 Å². The number of hydrogen-bond acceptors (Lipinski definition) is 14. The first kappa shape index (κ1) is 39.5. The van der Waals surface area contributed by atoms with Crippen LogP contribution in [0.25, 0.3) is 22.9 Å². The average molecular weight is 817 g/mol. The van der Waals surface area contributed by atoms with E-state index in [-0.39, 0.29) is 46.5 Å². The molecule has 6 heterocycles. The molecule has 3 atom stereocenters. The molecule has 300 valence electrons. The smallest absolute Gasteiger partial charge is 0.377 e. The number of anilines is 2. The number of aromatic nitrogens is 8. The molecule has 21 heteroatoms. The SMILES string of the molecule is Cc1ncn(-c2nc(N=S(C)(=O)Cc3ccc4c(c3)nc(C(F)(F)F)n4-c3nc(N=S(C)(C)=O)cc(N4CCOC[C@H]4C)n3)cc(N3CCOC[C@H]3C)n2)c1C. The Morgan fingerprint density at radius 3 is 1.96 bits per heavy atom. The van der Waals surface area contributed by atoms with Crippen LogP contribution in [0.4, 0.5) is 36.4 Å². The number of morpholine rings is 2. The summed E-state index contributed by atoms with van der Waals surface area (Å²) < 4.78 is 93.6. The van der Waals surface area contributed by atoms with E-state index in [4.69, 9.17) is 14.5 Å². The summed E-state index contributed by atoms with van der Waals surface area (Å²) >= 11 is 0. The number of rotatable bonds is 8. The zero-order valence-corrected chi connectivity index (χ0v) is 33.7. The monoisotopic (exact) mass is 816 g/mol. The molecule has 5 aromatic rings. The Hall–Kier alpha value is -4.73. The first-order valence-electron chi connectivity index (χ1n) is 17.8. The lowest BCUT2D eigenvalue weighted by atomic mass is 10.2. The molecule has 2 saturated heterocycles. The molecule has 0 aliphatic carbocycles. The molecule has 2 aliphatic rings. The van der Waals surface area contributed by atoms with Crippen molar-refractivity contribution in [2.45, 2.75) is 51.7 Å². The van der Waals surface area contributed by atoms with Crippen molar-refractivity contribution in [3.63, 3.8) is 0 Å². The second-order valence-electron chi connectivity index (χ2n) is 14.3. The van der Waals surface area contributed by atoms with E-state index < -0.39 is 31.5 Å². The molecule has 4 aromatic heterocycles. The van der Waals surface area contributed by atoms with Crippen molar-refractivity contribution < 1.29 is 31.1 Å². The number of imidazole rings is 2. The number of nitrogens with zero attached hydrogens (tertiary/aromatic N) is 12. The van der Waals surface area contributed by atoms with Gasteiger partial charge in [0, 0.05) is 59.4 Å². The molecule has 0 radical (unpaired) electrons. The molecular weight excluding hydrogens is 774 g/mol. The standard InChI is InChI=1S/C35H43F3N12O4S2/c1-21-17-53-12-10-47(21)30-16-29(41-33(43-30)49-20-39-23(3)24(49)4)46-56(7,52)19-25-8-9-27-26(14-25)40-32(35(36,37)38)50(27)34-42-28(45-55(5,6)51)15-31(44-34)48-11-13-54-18-22(48)2/h8-9,14-16,20-22H,10-13,17-19H2,1-7H3/t21-,22-,56?/m1/s1. The van der Waals surface area contributed by atoms with E-state index in [1.54, 1.807) is 23.0 Å². The van der Waals surface area contributed by atoms with Gasteiger partial charge in [-0.1, -0.05) is 6.07 Å². The van der Waals surface area contributed by atoms with Crippen LogP contribution < -0.4 is 9.80 Å². The lowest BCUT2D eigenvalue weighted by molar-refractivity contribution is -0.145. The highest BCUT2D eigenvalue weighted by atomic mass is 32.2. The van der Waals surface area contributed by atoms with E-state index >= 15 is 0 Å². The lowest BCUT2D eigenvalue weighted by Crippen LogP contribution is -2.44. The quantitative estimate of drug-likeness (QED) is 0.202. The molecule has 0 bridgehead atoms. The molecule has 2 aliphatic heterocycles. The normalized spacial score (nSPS) is 19.3. The fourth-order valence-corrected chi connectivity index (χ4v) is 8.52. The predicted octanol–water partition coefficient (Wildman–Crippen LogP) is 5.17. The largest absolute Gasteiger partial charge is 0.450 e. The van der Waals surface area contributed by atoms with Gasteiger partial charge in [-0.3, -0.25) is 9.13 Å². The number of ether oxygens (including phenoxy) is 2. The van der Waals surface area contributed by atoms with Crippen molar-refractivity contribution in [3.8, 4) is 11.9 Å². The minimum Gasteiger partial charge on any atom is -0.377 e. The number of aryl methyl sites for hydroxylation is 1. The fraction of sp³-hybridized carbons (Fsp3) is 0.486. The van der Waals surface area contributed by atoms with E-state index in [2.05, 4.69) is 38.5 Å². The molecule has 1 unspecified atom stereocenters. The van der Waals surface area contributed by atoms with Gasteiger partial charge in [-0.25, -0.2) is 18.4 Å². The Morgan fingerprint density at radius 2 is 1.41 bits per heavy atom. The first-order chi connectivity index (χ1) is 26.3. The zero-order chi connectivity index (χ0) is 40.2. The third-order valence-electron chi connectivity index (χ3n) is 9.37. The second-order valence-corrected chi connectivity index (χ2v) is 19.3. The highest BCUT2D eigenvalue weighted by molar-refractivity contribution is 7.92. The van der Waals surface area contributed by atoms with Crippen LogP contribution in [0.1, 0.15) is 36.6 Å². The van der Waals surface area contributed by atoms with Crippen molar-refractivity contribution in [2.24, 2.45) is 8.73 Å². The molecule has 0 N–H and O–H groups in total. The molecule has 2 fully saturated rings. The topological polar surface area (TPSA) is 171 Å². The first-order valence-corrected chi connectivity index (χ1v) is 22.2. The van der Waals surface area contributed by atoms with Gasteiger partial charge in [0.05, 0.1) is 70.7 Å². The van der Waals surface area contributed by atoms with Gasteiger partial charge in [0.25, 0.3) is 0 Å². The van der Waals surface area contributed by atoms with Crippen molar-refractivity contribution in [2.75, 3.05) is 68.1 Å². The van der Waals surface area contributed by atoms with Gasteiger partial charge in [0.2, 0.25) is 17.7 Å². The van der Waals surface area contributed by atoms with Crippen molar-refractivity contribution in [3.05, 3.63) is 59.4 Å². The highest BCUT2D eigenvalue weighted by Gasteiger charge is 2.39. The van der Waals surface area contributed by atoms with Crippen LogP contribution >= 0.6 is 0 Å². The number of alkyl halides is 3. The number of benzene rings is 1. The summed E-state index contributed by atoms with van der Waals surface area (Å²) in [6, 6.07) is 7.54. The van der Waals surface area contributed by atoms with Crippen LogP contribution in [0.3, 0.4) is 0 Å². The molecule has 1 aromatic carbocycles. The van der Waals surface area contributed by atoms with Gasteiger partial charge in [-0.05, 0) is 45.4 Å². The molecule has 0 amide bonds. The summed E-state index contributed by atoms with van der Waals surface area (Å²) in [4.78, 5) is 30.7. The summed E-state index contributed by atoms with van der Waals surface area (Å²) in [6.45, 7) is 10.5. The van der Waals surface area contributed by atoms with E-state index in [1.165, 1.54) is 37.0 Å². The Kier molecular flexibility index (Phi) is 10.6. The van der Waals surface area contributed by atoms with Gasteiger partial charge in [-0.15, -0.1) is 0 Å². The maximum Gasteiger partial charge on any atom is 0.450 e. The third-order valence-corrected chi connectivity index (χ3v) is 11.4. The van der Waals surface area contributed by atoms with Gasteiger partial charge >= 0.3 is 6.18 Å². The zero-order valence-electron chi connectivity index (χ0n) is 32.0. The molecule has 16 nitrogen and oxygen atoms in total. The van der Waals surface area contributed by atoms with E-state index in [0.717, 1.165) is 16.0 Å². The minimum absolute atomic E-state index is 0.0144. The second kappa shape index (κ2) is 15.0. The Morgan fingerprint density at radius 1 is 0.821 bits per heavy atom. The van der Waals surface area contributed by atoms with Crippen molar-refractivity contribution >= 4 is 53.8 Å². The summed E-state index contributed by atoms with van der Waals surface area (Å²) in [5, 5.41) is 0. The van der Waals surface area contributed by atoms with Crippen LogP contribution in [-0.4, -0.2) is 118 Å². The Bertz CT molecular complexity index is 2550.